The second kappa shape index (κ2) is 57.8. The normalized spacial score (nSPS) is 14.2. The predicted molar refractivity (Wildman–Crippen MR) is 331 cm³/mol. The third-order valence-electron chi connectivity index (χ3n) is 14.8. The highest BCUT2D eigenvalue weighted by molar-refractivity contribution is 7.47. The monoisotopic (exact) mass is 1230 g/mol. The maximum absolute atomic E-state index is 13.0. The van der Waals surface area contributed by atoms with E-state index in [4.69, 9.17) is 37.0 Å². The molecule has 83 heavy (non-hydrogen) atoms. The van der Waals surface area contributed by atoms with Gasteiger partial charge in [-0.25, -0.2) is 9.13 Å². The molecule has 492 valence electrons. The third-order valence-corrected chi connectivity index (χ3v) is 16.7. The molecule has 17 nitrogen and oxygen atoms in total. The SMILES string of the molecule is CCCCCCCCCCCCCCCCCC(=O)O[C@H](COC(=O)CCCCCCCCCC(C)C)COP(=O)(O)OC[C@@H](O)COP(=O)(O)OC[C@@H](COC(=O)CCCCCCCCCC)OC(=O)CCCCCCCCCCCC. The average molecular weight is 1230 g/mol. The van der Waals surface area contributed by atoms with Crippen LogP contribution in [0.3, 0.4) is 0 Å². The number of phosphoric acid groups is 2. The van der Waals surface area contributed by atoms with E-state index in [1.165, 1.54) is 135 Å². The van der Waals surface area contributed by atoms with Gasteiger partial charge in [-0.15, -0.1) is 0 Å². The number of aliphatic hydroxyl groups is 1. The molecule has 0 radical (unpaired) electrons. The van der Waals surface area contributed by atoms with E-state index in [1.54, 1.807) is 0 Å². The van der Waals surface area contributed by atoms with Crippen molar-refractivity contribution in [3.8, 4) is 0 Å². The fraction of sp³-hybridized carbons (Fsp3) is 0.938. The molecule has 0 heterocycles. The van der Waals surface area contributed by atoms with Crippen LogP contribution in [-0.2, 0) is 65.4 Å². The van der Waals surface area contributed by atoms with Gasteiger partial charge in [-0.1, -0.05) is 272 Å². The van der Waals surface area contributed by atoms with Crippen molar-refractivity contribution in [3.63, 3.8) is 0 Å². The minimum Gasteiger partial charge on any atom is -0.462 e. The second-order valence-corrected chi connectivity index (χ2v) is 26.5. The standard InChI is InChI=1S/C64H124O17P2/c1-6-9-12-15-18-21-23-24-25-26-27-29-34-40-45-50-64(69)81-60(54-75-62(67)48-43-38-35-30-31-36-41-46-57(4)5)56-79-83(72,73)77-52-58(65)51-76-82(70,71)78-55-59(53-74-61(66)47-42-37-32-20-17-14-11-8-3)80-63(68)49-44-39-33-28-22-19-16-13-10-7-2/h57-60,65H,6-56H2,1-5H3,(H,70,71)(H,72,73)/t58-,59+,60+/m0/s1. The minimum absolute atomic E-state index is 0.106. The van der Waals surface area contributed by atoms with Crippen LogP contribution in [0.4, 0.5) is 0 Å². The van der Waals surface area contributed by atoms with Gasteiger partial charge in [0.15, 0.2) is 12.2 Å². The van der Waals surface area contributed by atoms with Crippen LogP contribution in [-0.4, -0.2) is 96.7 Å². The van der Waals surface area contributed by atoms with Crippen LogP contribution in [0.15, 0.2) is 0 Å². The van der Waals surface area contributed by atoms with Crippen LogP contribution < -0.4 is 0 Å². The molecule has 2 unspecified atom stereocenters. The summed E-state index contributed by atoms with van der Waals surface area (Å²) in [7, 11) is -9.88. The molecule has 0 saturated carbocycles. The molecular weight excluding hydrogens is 1100 g/mol. The molecule has 0 rings (SSSR count). The molecule has 0 aromatic rings. The lowest BCUT2D eigenvalue weighted by Crippen LogP contribution is -2.30. The molecule has 0 bridgehead atoms. The number of carbonyl (C=O) groups is 4. The Morgan fingerprint density at radius 2 is 0.554 bits per heavy atom. The first-order valence-corrected chi connectivity index (χ1v) is 36.6. The van der Waals surface area contributed by atoms with Gasteiger partial charge in [-0.3, -0.25) is 37.3 Å². The molecule has 3 N–H and O–H groups in total. The average Bonchev–Trinajstić information content (AvgIpc) is 3.46. The molecule has 19 heteroatoms. The quantitative estimate of drug-likeness (QED) is 0.0222. The molecule has 0 saturated heterocycles. The van der Waals surface area contributed by atoms with Crippen molar-refractivity contribution in [1.82, 2.24) is 0 Å². The van der Waals surface area contributed by atoms with Crippen LogP contribution >= 0.6 is 15.6 Å². The first-order chi connectivity index (χ1) is 40.0. The summed E-state index contributed by atoms with van der Waals surface area (Å²) in [6, 6.07) is 0. The zero-order valence-electron chi connectivity index (χ0n) is 53.3. The lowest BCUT2D eigenvalue weighted by Gasteiger charge is -2.21. The summed E-state index contributed by atoms with van der Waals surface area (Å²) in [6.07, 6.45) is 41.7. The summed E-state index contributed by atoms with van der Waals surface area (Å²) in [6.45, 7) is 7.11. The van der Waals surface area contributed by atoms with E-state index >= 15 is 0 Å². The zero-order valence-corrected chi connectivity index (χ0v) is 55.1. The van der Waals surface area contributed by atoms with Crippen molar-refractivity contribution >= 4 is 39.5 Å². The van der Waals surface area contributed by atoms with Crippen molar-refractivity contribution in [2.24, 2.45) is 5.92 Å². The van der Waals surface area contributed by atoms with Gasteiger partial charge in [0, 0.05) is 25.7 Å². The Hall–Kier alpha value is -1.94. The fourth-order valence-corrected chi connectivity index (χ4v) is 11.2. The second-order valence-electron chi connectivity index (χ2n) is 23.6. The number of hydrogen-bond acceptors (Lipinski definition) is 15. The summed E-state index contributed by atoms with van der Waals surface area (Å²) in [5.41, 5.74) is 0. The number of esters is 4. The number of aliphatic hydroxyl groups excluding tert-OH is 1. The number of phosphoric ester groups is 2. The van der Waals surface area contributed by atoms with E-state index < -0.39 is 97.5 Å². The van der Waals surface area contributed by atoms with Gasteiger partial charge in [-0.2, -0.15) is 0 Å². The summed E-state index contributed by atoms with van der Waals surface area (Å²) in [5.74, 6) is -1.43. The molecular formula is C64H124O17P2. The van der Waals surface area contributed by atoms with Crippen LogP contribution in [0, 0.1) is 5.92 Å². The summed E-state index contributed by atoms with van der Waals surface area (Å²) >= 11 is 0. The Morgan fingerprint density at radius 3 is 0.819 bits per heavy atom. The molecule has 0 fully saturated rings. The maximum Gasteiger partial charge on any atom is 0.472 e. The molecule has 0 aliphatic rings. The molecule has 0 aliphatic heterocycles. The van der Waals surface area contributed by atoms with Crippen LogP contribution in [0.1, 0.15) is 324 Å². The molecule has 0 aliphatic carbocycles. The van der Waals surface area contributed by atoms with Crippen molar-refractivity contribution in [2.75, 3.05) is 39.6 Å². The minimum atomic E-state index is -4.94. The Bertz CT molecular complexity index is 1620. The lowest BCUT2D eigenvalue weighted by atomic mass is 10.0. The highest BCUT2D eigenvalue weighted by Gasteiger charge is 2.30. The Balaban J connectivity index is 5.21. The van der Waals surface area contributed by atoms with Crippen LogP contribution in [0.2, 0.25) is 0 Å². The predicted octanol–water partition coefficient (Wildman–Crippen LogP) is 17.8. The maximum atomic E-state index is 13.0. The van der Waals surface area contributed by atoms with Gasteiger partial charge in [0.05, 0.1) is 26.4 Å². The van der Waals surface area contributed by atoms with Gasteiger partial charge in [0.2, 0.25) is 0 Å². The van der Waals surface area contributed by atoms with Crippen LogP contribution in [0.5, 0.6) is 0 Å². The summed E-state index contributed by atoms with van der Waals surface area (Å²) in [4.78, 5) is 72.1. The largest absolute Gasteiger partial charge is 0.472 e. The smallest absolute Gasteiger partial charge is 0.462 e. The van der Waals surface area contributed by atoms with Gasteiger partial charge in [0.1, 0.15) is 19.3 Å². The lowest BCUT2D eigenvalue weighted by molar-refractivity contribution is -0.161. The topological polar surface area (TPSA) is 237 Å². The third kappa shape index (κ3) is 58.8. The number of rotatable bonds is 64. The van der Waals surface area contributed by atoms with Crippen LogP contribution in [0.25, 0.3) is 0 Å². The fourth-order valence-electron chi connectivity index (χ4n) is 9.58. The van der Waals surface area contributed by atoms with Crippen molar-refractivity contribution in [1.29, 1.82) is 0 Å². The Kier molecular flexibility index (Phi) is 56.4. The van der Waals surface area contributed by atoms with E-state index in [0.717, 1.165) is 103 Å². The molecule has 5 atom stereocenters. The Morgan fingerprint density at radius 1 is 0.325 bits per heavy atom. The first-order valence-electron chi connectivity index (χ1n) is 33.6. The Labute approximate surface area is 505 Å². The van der Waals surface area contributed by atoms with Gasteiger partial charge in [-0.05, 0) is 31.6 Å². The van der Waals surface area contributed by atoms with Gasteiger partial charge >= 0.3 is 39.5 Å². The van der Waals surface area contributed by atoms with Crippen molar-refractivity contribution in [3.05, 3.63) is 0 Å². The van der Waals surface area contributed by atoms with E-state index in [0.29, 0.717) is 31.6 Å². The van der Waals surface area contributed by atoms with Crippen molar-refractivity contribution in [2.45, 2.75) is 342 Å². The van der Waals surface area contributed by atoms with E-state index in [2.05, 4.69) is 34.6 Å². The van der Waals surface area contributed by atoms with Crippen molar-refractivity contribution < 1.29 is 80.2 Å². The van der Waals surface area contributed by atoms with E-state index in [1.807, 2.05) is 0 Å². The first kappa shape index (κ1) is 81.1. The van der Waals surface area contributed by atoms with E-state index in [-0.39, 0.29) is 25.7 Å². The summed E-state index contributed by atoms with van der Waals surface area (Å²) in [5, 5.41) is 10.5. The molecule has 0 amide bonds. The molecule has 0 aromatic carbocycles. The van der Waals surface area contributed by atoms with Gasteiger partial charge in [0.25, 0.3) is 0 Å². The number of ether oxygens (including phenoxy) is 4. The van der Waals surface area contributed by atoms with Gasteiger partial charge < -0.3 is 33.8 Å². The molecule has 0 aromatic heterocycles. The highest BCUT2D eigenvalue weighted by Crippen LogP contribution is 2.45. The summed E-state index contributed by atoms with van der Waals surface area (Å²) < 4.78 is 67.9. The number of carbonyl (C=O) groups excluding carboxylic acids is 4. The van der Waals surface area contributed by atoms with E-state index in [9.17, 15) is 43.2 Å². The number of hydrogen-bond donors (Lipinski definition) is 3. The molecule has 0 spiro atoms. The zero-order chi connectivity index (χ0) is 61.3. The number of unbranched alkanes of at least 4 members (excludes halogenated alkanes) is 36. The highest BCUT2D eigenvalue weighted by atomic mass is 31.2.